The zero-order chi connectivity index (χ0) is 14.7. The molecule has 1 heterocycles. The molecule has 0 unspecified atom stereocenters. The predicted octanol–water partition coefficient (Wildman–Crippen LogP) is -0.833. The van der Waals surface area contributed by atoms with Gasteiger partial charge in [-0.15, -0.1) is 0 Å². The minimum absolute atomic E-state index is 0.182. The zero-order valence-corrected chi connectivity index (χ0v) is 11.0. The van der Waals surface area contributed by atoms with Gasteiger partial charge in [0.2, 0.25) is 0 Å². The maximum absolute atomic E-state index is 9.89. The summed E-state index contributed by atoms with van der Waals surface area (Å²) in [6.45, 7) is -0.416. The average molecular weight is 284 g/mol. The van der Waals surface area contributed by atoms with Gasteiger partial charge in [0.05, 0.1) is 12.7 Å². The van der Waals surface area contributed by atoms with Crippen molar-refractivity contribution in [2.24, 2.45) is 0 Å². The number of rotatable bonds is 4. The van der Waals surface area contributed by atoms with E-state index in [0.717, 1.165) is 5.56 Å². The molecule has 0 saturated carbocycles. The number of hydrogen-bond acceptors (Lipinski definition) is 6. The van der Waals surface area contributed by atoms with E-state index < -0.39 is 37.1 Å². The fourth-order valence-electron chi connectivity index (χ4n) is 2.39. The largest absolute Gasteiger partial charge is 0.508 e. The second-order valence-electron chi connectivity index (χ2n) is 5.07. The van der Waals surface area contributed by atoms with Crippen LogP contribution in [0.1, 0.15) is 12.0 Å². The zero-order valence-electron chi connectivity index (χ0n) is 11.0. The van der Waals surface area contributed by atoms with Gasteiger partial charge in [-0.1, -0.05) is 12.1 Å². The molecule has 1 aliphatic heterocycles. The second-order valence-corrected chi connectivity index (χ2v) is 5.07. The number of benzene rings is 1. The molecule has 5 atom stereocenters. The summed E-state index contributed by atoms with van der Waals surface area (Å²) in [6.07, 6.45) is -4.33. The molecule has 2 rings (SSSR count). The summed E-state index contributed by atoms with van der Waals surface area (Å²) >= 11 is 0. The molecule has 5 N–H and O–H groups in total. The number of aromatic hydroxyl groups is 1. The second kappa shape index (κ2) is 6.51. The van der Waals surface area contributed by atoms with Crippen LogP contribution >= 0.6 is 0 Å². The van der Waals surface area contributed by atoms with Crippen LogP contribution in [0.25, 0.3) is 0 Å². The van der Waals surface area contributed by atoms with Crippen LogP contribution in [0.15, 0.2) is 24.3 Å². The maximum atomic E-state index is 9.89. The van der Waals surface area contributed by atoms with E-state index in [4.69, 9.17) is 9.84 Å². The van der Waals surface area contributed by atoms with Crippen molar-refractivity contribution in [2.75, 3.05) is 6.61 Å². The normalized spacial score (nSPS) is 34.1. The Balaban J connectivity index is 1.95. The molecule has 0 spiro atoms. The topological polar surface area (TPSA) is 110 Å². The number of ether oxygens (including phenoxy) is 1. The van der Waals surface area contributed by atoms with Crippen molar-refractivity contribution in [1.29, 1.82) is 0 Å². The van der Waals surface area contributed by atoms with Crippen molar-refractivity contribution in [2.45, 2.75) is 43.4 Å². The van der Waals surface area contributed by atoms with E-state index in [2.05, 4.69) is 0 Å². The van der Waals surface area contributed by atoms with Crippen LogP contribution in [0.3, 0.4) is 0 Å². The number of aliphatic hydroxyl groups is 4. The Hall–Kier alpha value is -1.18. The van der Waals surface area contributed by atoms with Crippen LogP contribution in [-0.4, -0.2) is 62.7 Å². The van der Waals surface area contributed by atoms with Gasteiger partial charge >= 0.3 is 0 Å². The van der Waals surface area contributed by atoms with Gasteiger partial charge in [0.1, 0.15) is 30.2 Å². The first-order valence-corrected chi connectivity index (χ1v) is 6.61. The monoisotopic (exact) mass is 284 g/mol. The Morgan fingerprint density at radius 2 is 1.50 bits per heavy atom. The molecule has 0 bridgehead atoms. The molecule has 1 fully saturated rings. The fraction of sp³-hybridized carbons (Fsp3) is 0.571. The van der Waals surface area contributed by atoms with E-state index in [9.17, 15) is 20.4 Å². The van der Waals surface area contributed by atoms with Gasteiger partial charge in [-0.3, -0.25) is 0 Å². The smallest absolute Gasteiger partial charge is 0.115 e. The first-order valence-electron chi connectivity index (χ1n) is 6.61. The predicted molar refractivity (Wildman–Crippen MR) is 70.2 cm³/mol. The molecule has 0 radical (unpaired) electrons. The summed E-state index contributed by atoms with van der Waals surface area (Å²) in [7, 11) is 0. The first kappa shape index (κ1) is 15.2. The summed E-state index contributed by atoms with van der Waals surface area (Å²) in [5.41, 5.74) is 0.958. The summed E-state index contributed by atoms with van der Waals surface area (Å²) in [6, 6.07) is 6.67. The lowest BCUT2D eigenvalue weighted by atomic mass is 9.92. The molecule has 0 aromatic heterocycles. The van der Waals surface area contributed by atoms with Crippen molar-refractivity contribution in [3.8, 4) is 5.75 Å². The van der Waals surface area contributed by atoms with Crippen molar-refractivity contribution in [3.05, 3.63) is 29.8 Å². The summed E-state index contributed by atoms with van der Waals surface area (Å²) in [5.74, 6) is 0.182. The highest BCUT2D eigenvalue weighted by atomic mass is 16.5. The Labute approximate surface area is 116 Å². The third-order valence-electron chi connectivity index (χ3n) is 3.65. The third kappa shape index (κ3) is 3.28. The molecule has 0 aliphatic carbocycles. The van der Waals surface area contributed by atoms with E-state index in [1.54, 1.807) is 24.3 Å². The van der Waals surface area contributed by atoms with Gasteiger partial charge in [0.15, 0.2) is 0 Å². The van der Waals surface area contributed by atoms with Gasteiger partial charge in [-0.05, 0) is 30.5 Å². The van der Waals surface area contributed by atoms with Gasteiger partial charge < -0.3 is 30.3 Å². The molecule has 6 nitrogen and oxygen atoms in total. The highest BCUT2D eigenvalue weighted by Gasteiger charge is 2.42. The number of phenols is 1. The van der Waals surface area contributed by atoms with Crippen LogP contribution in [0, 0.1) is 0 Å². The Morgan fingerprint density at radius 1 is 0.900 bits per heavy atom. The Kier molecular flexibility index (Phi) is 4.95. The SMILES string of the molecule is OC[C@H]1O[C@H](CCc2ccc(O)cc2)[C@H](O)[C@@H](O)[C@@H]1O. The number of hydrogen-bond donors (Lipinski definition) is 5. The van der Waals surface area contributed by atoms with E-state index in [0.29, 0.717) is 12.8 Å². The average Bonchev–Trinajstić information content (AvgIpc) is 2.46. The maximum Gasteiger partial charge on any atom is 0.115 e. The lowest BCUT2D eigenvalue weighted by molar-refractivity contribution is -0.230. The minimum atomic E-state index is -1.33. The van der Waals surface area contributed by atoms with Gasteiger partial charge in [-0.2, -0.15) is 0 Å². The van der Waals surface area contributed by atoms with Crippen LogP contribution in [0.5, 0.6) is 5.75 Å². The molecule has 112 valence electrons. The minimum Gasteiger partial charge on any atom is -0.508 e. The fourth-order valence-corrected chi connectivity index (χ4v) is 2.39. The first-order chi connectivity index (χ1) is 9.52. The van der Waals surface area contributed by atoms with Gasteiger partial charge in [0, 0.05) is 0 Å². The van der Waals surface area contributed by atoms with Crippen molar-refractivity contribution in [1.82, 2.24) is 0 Å². The quantitative estimate of drug-likeness (QED) is 0.493. The Bertz CT molecular complexity index is 418. The molecule has 1 aromatic rings. The number of aliphatic hydroxyl groups excluding tert-OH is 4. The van der Waals surface area contributed by atoms with E-state index in [1.165, 1.54) is 0 Å². The van der Waals surface area contributed by atoms with E-state index >= 15 is 0 Å². The van der Waals surface area contributed by atoms with Crippen molar-refractivity contribution < 1.29 is 30.3 Å². The molecule has 20 heavy (non-hydrogen) atoms. The summed E-state index contributed by atoms with van der Waals surface area (Å²) in [5, 5.41) is 47.5. The number of phenolic OH excluding ortho intramolecular Hbond substituents is 1. The lowest BCUT2D eigenvalue weighted by Gasteiger charge is -2.40. The Morgan fingerprint density at radius 3 is 2.10 bits per heavy atom. The van der Waals surface area contributed by atoms with Gasteiger partial charge in [-0.25, -0.2) is 0 Å². The molecule has 6 heteroatoms. The molecule has 1 aliphatic rings. The third-order valence-corrected chi connectivity index (χ3v) is 3.65. The highest BCUT2D eigenvalue weighted by molar-refractivity contribution is 5.26. The van der Waals surface area contributed by atoms with Gasteiger partial charge in [0.25, 0.3) is 0 Å². The van der Waals surface area contributed by atoms with Crippen LogP contribution < -0.4 is 0 Å². The van der Waals surface area contributed by atoms with Crippen molar-refractivity contribution in [3.63, 3.8) is 0 Å². The lowest BCUT2D eigenvalue weighted by Crippen LogP contribution is -2.58. The molecule has 0 amide bonds. The number of aryl methyl sites for hydroxylation is 1. The standard InChI is InChI=1S/C14H20O6/c15-7-11-13(18)14(19)12(17)10(20-11)6-3-8-1-4-9(16)5-2-8/h1-2,4-5,10-19H,3,6-7H2/t10-,11-,12+,13-,14-/m1/s1. The molecule has 1 aromatic carbocycles. The van der Waals surface area contributed by atoms with Crippen LogP contribution in [-0.2, 0) is 11.2 Å². The van der Waals surface area contributed by atoms with E-state index in [-0.39, 0.29) is 5.75 Å². The van der Waals surface area contributed by atoms with Crippen LogP contribution in [0.4, 0.5) is 0 Å². The van der Waals surface area contributed by atoms with E-state index in [1.807, 2.05) is 0 Å². The summed E-state index contributed by atoms with van der Waals surface area (Å²) in [4.78, 5) is 0. The molecular formula is C14H20O6. The highest BCUT2D eigenvalue weighted by Crippen LogP contribution is 2.24. The van der Waals surface area contributed by atoms with Crippen molar-refractivity contribution >= 4 is 0 Å². The van der Waals surface area contributed by atoms with Crippen LogP contribution in [0.2, 0.25) is 0 Å². The summed E-state index contributed by atoms with van der Waals surface area (Å²) < 4.78 is 5.42. The molecule has 1 saturated heterocycles. The molecular weight excluding hydrogens is 264 g/mol.